The number of carbonyl (C=O) groups is 2. The largest absolute Gasteiger partial charge is 0.478 e. The summed E-state index contributed by atoms with van der Waals surface area (Å²) < 4.78 is 35.6. The number of benzene rings is 1. The molecule has 1 rings (SSSR count). The number of rotatable bonds is 5. The number of carboxylic acid groups (broad SMARTS) is 1. The minimum absolute atomic E-state index is 0.0784. The van der Waals surface area contributed by atoms with Gasteiger partial charge in [-0.25, -0.2) is 4.79 Å². The van der Waals surface area contributed by atoms with E-state index in [-0.39, 0.29) is 17.9 Å². The maximum Gasteiger partial charge on any atom is 0.471 e. The van der Waals surface area contributed by atoms with Crippen molar-refractivity contribution in [2.45, 2.75) is 11.1 Å². The zero-order valence-corrected chi connectivity index (χ0v) is 10.3. The van der Waals surface area contributed by atoms with Gasteiger partial charge in [0.15, 0.2) is 0 Å². The van der Waals surface area contributed by atoms with E-state index in [2.05, 4.69) is 0 Å². The highest BCUT2D eigenvalue weighted by Gasteiger charge is 2.38. The van der Waals surface area contributed by atoms with Crippen molar-refractivity contribution in [3.63, 3.8) is 0 Å². The molecule has 0 saturated carbocycles. The number of aromatic carboxylic acids is 1. The van der Waals surface area contributed by atoms with Crippen LogP contribution in [0.15, 0.2) is 29.2 Å². The summed E-state index contributed by atoms with van der Waals surface area (Å²) in [6.45, 7) is -0.197. The third kappa shape index (κ3) is 4.82. The van der Waals surface area contributed by atoms with Crippen LogP contribution in [0, 0.1) is 0 Å². The van der Waals surface area contributed by atoms with Crippen molar-refractivity contribution in [1.29, 1.82) is 0 Å². The Hall–Kier alpha value is -1.70. The number of hydrogen-bond donors (Lipinski definition) is 2. The molecule has 0 fully saturated rings. The van der Waals surface area contributed by atoms with Gasteiger partial charge in [0, 0.05) is 17.2 Å². The highest BCUT2D eigenvalue weighted by atomic mass is 32.2. The zero-order chi connectivity index (χ0) is 14.5. The molecule has 0 spiro atoms. The van der Waals surface area contributed by atoms with Gasteiger partial charge >= 0.3 is 18.1 Å². The molecule has 8 heteroatoms. The van der Waals surface area contributed by atoms with E-state index in [4.69, 9.17) is 5.11 Å². The van der Waals surface area contributed by atoms with Crippen LogP contribution in [0.5, 0.6) is 0 Å². The Morgan fingerprint density at radius 2 is 1.89 bits per heavy atom. The van der Waals surface area contributed by atoms with Gasteiger partial charge in [0.1, 0.15) is 0 Å². The van der Waals surface area contributed by atoms with Crippen LogP contribution in [0.25, 0.3) is 0 Å². The Morgan fingerprint density at radius 1 is 1.26 bits per heavy atom. The van der Waals surface area contributed by atoms with Crippen molar-refractivity contribution >= 4 is 23.6 Å². The van der Waals surface area contributed by atoms with E-state index in [0.29, 0.717) is 4.90 Å². The minimum Gasteiger partial charge on any atom is -0.478 e. The molecule has 0 aromatic heterocycles. The van der Waals surface area contributed by atoms with E-state index in [0.717, 1.165) is 11.8 Å². The highest BCUT2D eigenvalue weighted by Crippen LogP contribution is 2.22. The zero-order valence-electron chi connectivity index (χ0n) is 9.53. The number of alkyl halides is 3. The molecule has 0 saturated heterocycles. The summed E-state index contributed by atoms with van der Waals surface area (Å²) in [6, 6.07) is 6.14. The fraction of sp³-hybridized carbons (Fsp3) is 0.273. The molecule has 19 heavy (non-hydrogen) atoms. The van der Waals surface area contributed by atoms with Crippen molar-refractivity contribution in [3.05, 3.63) is 29.8 Å². The average Bonchev–Trinajstić information content (AvgIpc) is 2.33. The molecule has 1 amide bonds. The van der Waals surface area contributed by atoms with Crippen LogP contribution >= 0.6 is 11.8 Å². The molecular weight excluding hydrogens is 283 g/mol. The van der Waals surface area contributed by atoms with Gasteiger partial charge in [-0.3, -0.25) is 4.79 Å². The lowest BCUT2D eigenvalue weighted by Gasteiger charge is -2.08. The Bertz CT molecular complexity index is 476. The number of halogens is 3. The van der Waals surface area contributed by atoms with Crippen LogP contribution in [0.2, 0.25) is 0 Å². The predicted octanol–water partition coefficient (Wildman–Crippen LogP) is 2.16. The second kappa shape index (κ2) is 6.46. The van der Waals surface area contributed by atoms with Gasteiger partial charge < -0.3 is 10.4 Å². The topological polar surface area (TPSA) is 66.4 Å². The standard InChI is InChI=1S/C11H10F3NO3S/c12-11(13,14)10(18)15-5-6-19-8-4-2-1-3-7(8)9(16)17/h1-4H,5-6H2,(H,15,18)(H,16,17). The average molecular weight is 293 g/mol. The van der Waals surface area contributed by atoms with E-state index < -0.39 is 18.1 Å². The second-order valence-electron chi connectivity index (χ2n) is 3.40. The fourth-order valence-electron chi connectivity index (χ4n) is 1.19. The lowest BCUT2D eigenvalue weighted by Crippen LogP contribution is -2.37. The van der Waals surface area contributed by atoms with E-state index in [1.807, 2.05) is 0 Å². The lowest BCUT2D eigenvalue weighted by molar-refractivity contribution is -0.173. The molecule has 0 unspecified atom stereocenters. The van der Waals surface area contributed by atoms with Crippen molar-refractivity contribution < 1.29 is 27.9 Å². The molecule has 1 aromatic carbocycles. The first-order valence-corrected chi connectivity index (χ1v) is 6.11. The van der Waals surface area contributed by atoms with E-state index in [1.165, 1.54) is 6.07 Å². The van der Waals surface area contributed by atoms with Crippen molar-refractivity contribution in [2.24, 2.45) is 0 Å². The number of carbonyl (C=O) groups excluding carboxylic acids is 1. The monoisotopic (exact) mass is 293 g/mol. The summed E-state index contributed by atoms with van der Waals surface area (Å²) in [6.07, 6.45) is -4.90. The van der Waals surface area contributed by atoms with Gasteiger partial charge in [-0.2, -0.15) is 13.2 Å². The van der Waals surface area contributed by atoms with Crippen molar-refractivity contribution in [3.8, 4) is 0 Å². The first kappa shape index (κ1) is 15.4. The van der Waals surface area contributed by atoms with Gasteiger partial charge in [0.2, 0.25) is 0 Å². The molecular formula is C11H10F3NO3S. The molecule has 0 radical (unpaired) electrons. The molecule has 0 aliphatic rings. The van der Waals surface area contributed by atoms with E-state index >= 15 is 0 Å². The number of carboxylic acids is 1. The summed E-state index contributed by atoms with van der Waals surface area (Å²) in [7, 11) is 0. The maximum atomic E-state index is 11.9. The number of amides is 1. The summed E-state index contributed by atoms with van der Waals surface area (Å²) in [5, 5.41) is 10.6. The lowest BCUT2D eigenvalue weighted by atomic mass is 10.2. The molecule has 0 aliphatic carbocycles. The molecule has 1 aromatic rings. The highest BCUT2D eigenvalue weighted by molar-refractivity contribution is 7.99. The van der Waals surface area contributed by atoms with E-state index in [1.54, 1.807) is 23.5 Å². The number of nitrogens with one attached hydrogen (secondary N) is 1. The number of hydrogen-bond acceptors (Lipinski definition) is 3. The molecule has 2 N–H and O–H groups in total. The van der Waals surface area contributed by atoms with Crippen LogP contribution in [0.1, 0.15) is 10.4 Å². The summed E-state index contributed by atoms with van der Waals surface area (Å²) in [5.41, 5.74) is 0.0784. The van der Waals surface area contributed by atoms with Crippen molar-refractivity contribution in [2.75, 3.05) is 12.3 Å². The Balaban J connectivity index is 2.46. The normalized spacial score (nSPS) is 11.1. The molecule has 4 nitrogen and oxygen atoms in total. The quantitative estimate of drug-likeness (QED) is 0.645. The molecule has 0 atom stereocenters. The molecule has 0 heterocycles. The predicted molar refractivity (Wildman–Crippen MR) is 63.2 cm³/mol. The van der Waals surface area contributed by atoms with Crippen LogP contribution in [-0.2, 0) is 4.79 Å². The van der Waals surface area contributed by atoms with Gasteiger partial charge in [-0.1, -0.05) is 12.1 Å². The van der Waals surface area contributed by atoms with Crippen LogP contribution in [0.4, 0.5) is 13.2 Å². The van der Waals surface area contributed by atoms with Gasteiger partial charge in [0.05, 0.1) is 5.56 Å². The Labute approximate surface area is 111 Å². The second-order valence-corrected chi connectivity index (χ2v) is 4.54. The SMILES string of the molecule is O=C(O)c1ccccc1SCCNC(=O)C(F)(F)F. The fourth-order valence-corrected chi connectivity index (χ4v) is 2.10. The smallest absolute Gasteiger partial charge is 0.471 e. The summed E-state index contributed by atoms with van der Waals surface area (Å²) in [5.74, 6) is -2.96. The first-order valence-electron chi connectivity index (χ1n) is 5.12. The van der Waals surface area contributed by atoms with Gasteiger partial charge in [-0.05, 0) is 12.1 Å². The van der Waals surface area contributed by atoms with Crippen LogP contribution in [0.3, 0.4) is 0 Å². The third-order valence-electron chi connectivity index (χ3n) is 2.02. The van der Waals surface area contributed by atoms with E-state index in [9.17, 15) is 22.8 Å². The van der Waals surface area contributed by atoms with Crippen molar-refractivity contribution in [1.82, 2.24) is 5.32 Å². The summed E-state index contributed by atoms with van der Waals surface area (Å²) >= 11 is 1.07. The van der Waals surface area contributed by atoms with Crippen LogP contribution in [-0.4, -0.2) is 35.5 Å². The molecule has 0 bridgehead atoms. The maximum absolute atomic E-state index is 11.9. The number of thioether (sulfide) groups is 1. The molecule has 0 aliphatic heterocycles. The van der Waals surface area contributed by atoms with Gasteiger partial charge in [-0.15, -0.1) is 11.8 Å². The summed E-state index contributed by atoms with van der Waals surface area (Å²) in [4.78, 5) is 21.8. The Morgan fingerprint density at radius 3 is 2.47 bits per heavy atom. The van der Waals surface area contributed by atoms with Gasteiger partial charge in [0.25, 0.3) is 0 Å². The third-order valence-corrected chi connectivity index (χ3v) is 3.10. The van der Waals surface area contributed by atoms with Crippen LogP contribution < -0.4 is 5.32 Å². The molecule has 104 valence electrons. The first-order chi connectivity index (χ1) is 8.82. The Kier molecular flexibility index (Phi) is 5.22. The minimum atomic E-state index is -4.90.